The van der Waals surface area contributed by atoms with E-state index < -0.39 is 0 Å². The summed E-state index contributed by atoms with van der Waals surface area (Å²) in [6.45, 7) is 9.53. The largest absolute Gasteiger partial charge is 0.378 e. The average Bonchev–Trinajstić information content (AvgIpc) is 3.03. The average molecular weight is 317 g/mol. The molecule has 0 radical (unpaired) electrons. The number of nitrogens with zero attached hydrogens (tertiary/aromatic N) is 5. The minimum Gasteiger partial charge on any atom is -0.378 e. The number of morpholine rings is 1. The Labute approximate surface area is 135 Å². The van der Waals surface area contributed by atoms with Crippen LogP contribution in [0.2, 0.25) is 0 Å². The SMILES string of the molecule is CCN(CC)Cc1cnc2c(C(=O)N3CCOCC3)cnn2c1. The predicted molar refractivity (Wildman–Crippen MR) is 86.3 cm³/mol. The topological polar surface area (TPSA) is 63.0 Å². The zero-order chi connectivity index (χ0) is 16.2. The maximum atomic E-state index is 12.6. The van der Waals surface area contributed by atoms with E-state index in [2.05, 4.69) is 28.8 Å². The monoisotopic (exact) mass is 317 g/mol. The maximum Gasteiger partial charge on any atom is 0.259 e. The Hall–Kier alpha value is -1.99. The van der Waals surface area contributed by atoms with Crippen LogP contribution in [0.5, 0.6) is 0 Å². The Balaban J connectivity index is 1.82. The number of fused-ring (bicyclic) bond motifs is 1. The molecular weight excluding hydrogens is 294 g/mol. The molecule has 1 saturated heterocycles. The van der Waals surface area contributed by atoms with Crippen LogP contribution in [-0.4, -0.2) is 69.7 Å². The van der Waals surface area contributed by atoms with E-state index in [1.807, 2.05) is 12.4 Å². The van der Waals surface area contributed by atoms with Gasteiger partial charge in [0.1, 0.15) is 5.56 Å². The molecular formula is C16H23N5O2. The minimum atomic E-state index is -0.0210. The Bertz CT molecular complexity index is 674. The summed E-state index contributed by atoms with van der Waals surface area (Å²) >= 11 is 0. The number of amides is 1. The van der Waals surface area contributed by atoms with Crippen LogP contribution in [-0.2, 0) is 11.3 Å². The molecule has 2 aromatic heterocycles. The summed E-state index contributed by atoms with van der Waals surface area (Å²) in [5.74, 6) is -0.0210. The molecule has 7 nitrogen and oxygen atoms in total. The van der Waals surface area contributed by atoms with Gasteiger partial charge < -0.3 is 9.64 Å². The van der Waals surface area contributed by atoms with Gasteiger partial charge in [-0.1, -0.05) is 13.8 Å². The van der Waals surface area contributed by atoms with Gasteiger partial charge in [0.05, 0.1) is 19.4 Å². The summed E-state index contributed by atoms with van der Waals surface area (Å²) < 4.78 is 6.99. The van der Waals surface area contributed by atoms with Crippen LogP contribution < -0.4 is 0 Å². The van der Waals surface area contributed by atoms with Gasteiger partial charge in [0.15, 0.2) is 5.65 Å². The second-order valence-corrected chi connectivity index (χ2v) is 5.65. The van der Waals surface area contributed by atoms with Crippen molar-refractivity contribution in [3.63, 3.8) is 0 Å². The molecule has 1 amide bonds. The number of rotatable bonds is 5. The van der Waals surface area contributed by atoms with Gasteiger partial charge in [-0.3, -0.25) is 9.69 Å². The highest BCUT2D eigenvalue weighted by atomic mass is 16.5. The Morgan fingerprint density at radius 2 is 2.00 bits per heavy atom. The molecule has 3 heterocycles. The van der Waals surface area contributed by atoms with Crippen molar-refractivity contribution in [2.75, 3.05) is 39.4 Å². The van der Waals surface area contributed by atoms with E-state index in [-0.39, 0.29) is 5.91 Å². The Kier molecular flexibility index (Phi) is 4.88. The molecule has 0 aromatic carbocycles. The standard InChI is InChI=1S/C16H23N5O2/c1-3-19(4-2)11-13-9-17-15-14(10-18-21(15)12-13)16(22)20-5-7-23-8-6-20/h9-10,12H,3-8,11H2,1-2H3. The predicted octanol–water partition coefficient (Wildman–Crippen LogP) is 1.04. The molecule has 0 N–H and O–H groups in total. The van der Waals surface area contributed by atoms with Crippen LogP contribution >= 0.6 is 0 Å². The second kappa shape index (κ2) is 7.06. The second-order valence-electron chi connectivity index (χ2n) is 5.65. The highest BCUT2D eigenvalue weighted by Gasteiger charge is 2.22. The van der Waals surface area contributed by atoms with Gasteiger partial charge in [0.25, 0.3) is 5.91 Å². The first-order valence-electron chi connectivity index (χ1n) is 8.14. The molecule has 0 aliphatic carbocycles. The van der Waals surface area contributed by atoms with Crippen LogP contribution in [0.3, 0.4) is 0 Å². The quantitative estimate of drug-likeness (QED) is 0.824. The zero-order valence-electron chi connectivity index (χ0n) is 13.7. The molecule has 1 aliphatic rings. The van der Waals surface area contributed by atoms with Gasteiger partial charge in [-0.2, -0.15) is 5.10 Å². The summed E-state index contributed by atoms with van der Waals surface area (Å²) in [7, 11) is 0. The summed E-state index contributed by atoms with van der Waals surface area (Å²) in [4.78, 5) is 21.2. The van der Waals surface area contributed by atoms with Crippen molar-refractivity contribution in [1.82, 2.24) is 24.4 Å². The fourth-order valence-corrected chi connectivity index (χ4v) is 2.79. The molecule has 23 heavy (non-hydrogen) atoms. The lowest BCUT2D eigenvalue weighted by Gasteiger charge is -2.26. The van der Waals surface area contributed by atoms with E-state index in [1.54, 1.807) is 15.6 Å². The van der Waals surface area contributed by atoms with Gasteiger partial charge in [0.2, 0.25) is 0 Å². The Morgan fingerprint density at radius 3 is 2.70 bits per heavy atom. The fourth-order valence-electron chi connectivity index (χ4n) is 2.79. The van der Waals surface area contributed by atoms with Gasteiger partial charge in [-0.05, 0) is 13.1 Å². The highest BCUT2D eigenvalue weighted by Crippen LogP contribution is 2.14. The van der Waals surface area contributed by atoms with Crippen molar-refractivity contribution in [2.45, 2.75) is 20.4 Å². The molecule has 1 aliphatic heterocycles. The van der Waals surface area contributed by atoms with E-state index in [0.717, 1.165) is 25.2 Å². The van der Waals surface area contributed by atoms with E-state index in [4.69, 9.17) is 4.74 Å². The first-order chi connectivity index (χ1) is 11.2. The molecule has 0 atom stereocenters. The van der Waals surface area contributed by atoms with Crippen molar-refractivity contribution in [3.05, 3.63) is 29.7 Å². The highest BCUT2D eigenvalue weighted by molar-refractivity contribution is 5.99. The van der Waals surface area contributed by atoms with Crippen LogP contribution in [0.15, 0.2) is 18.6 Å². The number of carbonyl (C=O) groups excluding carboxylic acids is 1. The number of ether oxygens (including phenoxy) is 1. The maximum absolute atomic E-state index is 12.6. The van der Waals surface area contributed by atoms with E-state index >= 15 is 0 Å². The van der Waals surface area contributed by atoms with Gasteiger partial charge in [0, 0.05) is 37.6 Å². The lowest BCUT2D eigenvalue weighted by Crippen LogP contribution is -2.40. The molecule has 7 heteroatoms. The summed E-state index contributed by atoms with van der Waals surface area (Å²) in [5.41, 5.74) is 2.26. The molecule has 124 valence electrons. The number of hydrogen-bond acceptors (Lipinski definition) is 5. The lowest BCUT2D eigenvalue weighted by atomic mass is 10.2. The first kappa shape index (κ1) is 15.9. The number of aromatic nitrogens is 3. The van der Waals surface area contributed by atoms with Crippen molar-refractivity contribution >= 4 is 11.6 Å². The summed E-state index contributed by atoms with van der Waals surface area (Å²) in [6.07, 6.45) is 5.41. The van der Waals surface area contributed by atoms with Crippen molar-refractivity contribution in [2.24, 2.45) is 0 Å². The molecule has 0 bridgehead atoms. The van der Waals surface area contributed by atoms with E-state index in [9.17, 15) is 4.79 Å². The van der Waals surface area contributed by atoms with Crippen LogP contribution in [0.1, 0.15) is 29.8 Å². The minimum absolute atomic E-state index is 0.0210. The van der Waals surface area contributed by atoms with Crippen LogP contribution in [0.4, 0.5) is 0 Å². The third-order valence-corrected chi connectivity index (χ3v) is 4.24. The van der Waals surface area contributed by atoms with Gasteiger partial charge in [-0.15, -0.1) is 0 Å². The molecule has 1 fully saturated rings. The normalized spacial score (nSPS) is 15.5. The van der Waals surface area contributed by atoms with Gasteiger partial charge in [-0.25, -0.2) is 9.50 Å². The molecule has 0 saturated carbocycles. The van der Waals surface area contributed by atoms with Crippen molar-refractivity contribution in [3.8, 4) is 0 Å². The summed E-state index contributed by atoms with van der Waals surface area (Å²) in [5, 5.41) is 4.31. The van der Waals surface area contributed by atoms with Crippen LogP contribution in [0, 0.1) is 0 Å². The third kappa shape index (κ3) is 3.35. The fraction of sp³-hybridized carbons (Fsp3) is 0.562. The van der Waals surface area contributed by atoms with Crippen LogP contribution in [0.25, 0.3) is 5.65 Å². The molecule has 0 unspecified atom stereocenters. The molecule has 0 spiro atoms. The molecule has 2 aromatic rings. The summed E-state index contributed by atoms with van der Waals surface area (Å²) in [6, 6.07) is 0. The Morgan fingerprint density at radius 1 is 1.26 bits per heavy atom. The molecule has 3 rings (SSSR count). The lowest BCUT2D eigenvalue weighted by molar-refractivity contribution is 0.0304. The number of carbonyl (C=O) groups is 1. The van der Waals surface area contributed by atoms with Crippen molar-refractivity contribution in [1.29, 1.82) is 0 Å². The smallest absolute Gasteiger partial charge is 0.259 e. The first-order valence-corrected chi connectivity index (χ1v) is 8.14. The van der Waals surface area contributed by atoms with E-state index in [0.29, 0.717) is 37.5 Å². The van der Waals surface area contributed by atoms with E-state index in [1.165, 1.54) is 0 Å². The number of hydrogen-bond donors (Lipinski definition) is 0. The van der Waals surface area contributed by atoms with Crippen molar-refractivity contribution < 1.29 is 9.53 Å². The third-order valence-electron chi connectivity index (χ3n) is 4.24. The van der Waals surface area contributed by atoms with Gasteiger partial charge >= 0.3 is 0 Å². The zero-order valence-corrected chi connectivity index (χ0v) is 13.7.